The van der Waals surface area contributed by atoms with Crippen molar-refractivity contribution in [3.05, 3.63) is 66.2 Å². The zero-order chi connectivity index (χ0) is 20.0. The average molecular weight is 409 g/mol. The van der Waals surface area contributed by atoms with Crippen molar-refractivity contribution in [2.45, 2.75) is 13.0 Å². The molecule has 0 aromatic heterocycles. The third-order valence-corrected chi connectivity index (χ3v) is 5.15. The van der Waals surface area contributed by atoms with Crippen LogP contribution in [-0.2, 0) is 14.8 Å². The van der Waals surface area contributed by atoms with Crippen LogP contribution in [0.3, 0.4) is 0 Å². The molecule has 0 saturated heterocycles. The zero-order valence-corrected chi connectivity index (χ0v) is 16.6. The van der Waals surface area contributed by atoms with Crippen LogP contribution < -0.4 is 14.4 Å². The van der Waals surface area contributed by atoms with Crippen LogP contribution in [-0.4, -0.2) is 33.2 Å². The summed E-state index contributed by atoms with van der Waals surface area (Å²) in [5, 5.41) is 3.19. The lowest BCUT2D eigenvalue weighted by Gasteiger charge is -2.28. The zero-order valence-electron chi connectivity index (χ0n) is 15.1. The van der Waals surface area contributed by atoms with E-state index in [1.807, 2.05) is 0 Å². The lowest BCUT2D eigenvalue weighted by atomic mass is 10.2. The van der Waals surface area contributed by atoms with Gasteiger partial charge in [-0.25, -0.2) is 8.42 Å². The molecule has 0 spiro atoms. The number of anilines is 2. The Hall–Kier alpha value is -2.51. The van der Waals surface area contributed by atoms with Crippen molar-refractivity contribution in [2.75, 3.05) is 22.5 Å². The van der Waals surface area contributed by atoms with E-state index in [-0.39, 0.29) is 0 Å². The number of nitrogens with zero attached hydrogens (tertiary/aromatic N) is 1. The minimum absolute atomic E-state index is 0.359. The van der Waals surface area contributed by atoms with E-state index in [4.69, 9.17) is 16.3 Å². The number of benzene rings is 2. The van der Waals surface area contributed by atoms with Gasteiger partial charge in [0.05, 0.1) is 11.9 Å². The molecule has 0 heterocycles. The molecule has 27 heavy (non-hydrogen) atoms. The molecule has 0 saturated carbocycles. The summed E-state index contributed by atoms with van der Waals surface area (Å²) in [7, 11) is -3.68. The first-order valence-electron chi connectivity index (χ1n) is 8.12. The highest BCUT2D eigenvalue weighted by Crippen LogP contribution is 2.24. The van der Waals surface area contributed by atoms with Gasteiger partial charge in [-0.3, -0.25) is 9.10 Å². The molecule has 0 radical (unpaired) electrons. The summed E-state index contributed by atoms with van der Waals surface area (Å²) in [5.74, 6) is 0.176. The standard InChI is InChI=1S/C19H21ClN2O4S/c1-4-13-26-18-11-7-16(8-12-18)21-19(23)14(2)22(27(3,24)25)17-9-5-15(20)6-10-17/h4-12,14H,1,13H2,2-3H3,(H,21,23)/t14-/m1/s1. The molecule has 0 unspecified atom stereocenters. The highest BCUT2D eigenvalue weighted by Gasteiger charge is 2.29. The summed E-state index contributed by atoms with van der Waals surface area (Å²) in [6.45, 7) is 5.48. The van der Waals surface area contributed by atoms with Crippen LogP contribution in [0.25, 0.3) is 0 Å². The van der Waals surface area contributed by atoms with Crippen molar-refractivity contribution in [3.8, 4) is 5.75 Å². The van der Waals surface area contributed by atoms with Crippen molar-refractivity contribution in [1.29, 1.82) is 0 Å². The van der Waals surface area contributed by atoms with Crippen LogP contribution in [0.1, 0.15) is 6.92 Å². The third-order valence-electron chi connectivity index (χ3n) is 3.66. The molecule has 2 rings (SSSR count). The number of hydrogen-bond acceptors (Lipinski definition) is 4. The van der Waals surface area contributed by atoms with Crippen LogP contribution in [0.5, 0.6) is 5.75 Å². The Morgan fingerprint density at radius 1 is 1.22 bits per heavy atom. The molecule has 1 N–H and O–H groups in total. The quantitative estimate of drug-likeness (QED) is 0.676. The van der Waals surface area contributed by atoms with Crippen LogP contribution >= 0.6 is 11.6 Å². The van der Waals surface area contributed by atoms with Gasteiger partial charge < -0.3 is 10.1 Å². The van der Waals surface area contributed by atoms with E-state index in [1.165, 1.54) is 6.92 Å². The summed E-state index contributed by atoms with van der Waals surface area (Å²) in [5.41, 5.74) is 0.889. The number of halogens is 1. The molecule has 144 valence electrons. The number of ether oxygens (including phenoxy) is 1. The summed E-state index contributed by atoms with van der Waals surface area (Å²) in [6.07, 6.45) is 2.69. The second-order valence-corrected chi connectivity index (χ2v) is 8.12. The number of carbonyl (C=O) groups is 1. The van der Waals surface area contributed by atoms with Gasteiger partial charge in [-0.15, -0.1) is 0 Å². The summed E-state index contributed by atoms with van der Waals surface area (Å²) in [6, 6.07) is 12.1. The van der Waals surface area contributed by atoms with Gasteiger partial charge >= 0.3 is 0 Å². The SMILES string of the molecule is C=CCOc1ccc(NC(=O)[C@@H](C)N(c2ccc(Cl)cc2)S(C)(=O)=O)cc1. The van der Waals surface area contributed by atoms with Crippen molar-refractivity contribution < 1.29 is 17.9 Å². The molecule has 0 bridgehead atoms. The second-order valence-electron chi connectivity index (χ2n) is 5.82. The van der Waals surface area contributed by atoms with Gasteiger partial charge in [-0.2, -0.15) is 0 Å². The van der Waals surface area contributed by atoms with E-state index >= 15 is 0 Å². The summed E-state index contributed by atoms with van der Waals surface area (Å²) < 4.78 is 30.9. The van der Waals surface area contributed by atoms with Crippen LogP contribution in [0, 0.1) is 0 Å². The number of amides is 1. The number of nitrogens with one attached hydrogen (secondary N) is 1. The van der Waals surface area contributed by atoms with E-state index in [0.717, 1.165) is 10.6 Å². The topological polar surface area (TPSA) is 75.7 Å². The van der Waals surface area contributed by atoms with Crippen LogP contribution in [0.2, 0.25) is 5.02 Å². The molecule has 0 aliphatic heterocycles. The third kappa shape index (κ3) is 5.74. The van der Waals surface area contributed by atoms with Gasteiger partial charge in [-0.05, 0) is 55.5 Å². The minimum atomic E-state index is -3.68. The van der Waals surface area contributed by atoms with Crippen molar-refractivity contribution in [3.63, 3.8) is 0 Å². The predicted octanol–water partition coefficient (Wildman–Crippen LogP) is 3.70. The number of sulfonamides is 1. The number of hydrogen-bond donors (Lipinski definition) is 1. The molecule has 0 aliphatic carbocycles. The Bertz CT molecular complexity index is 896. The average Bonchev–Trinajstić information content (AvgIpc) is 2.61. The van der Waals surface area contributed by atoms with Gasteiger partial charge in [0, 0.05) is 10.7 Å². The van der Waals surface area contributed by atoms with Gasteiger partial charge in [-0.1, -0.05) is 24.3 Å². The predicted molar refractivity (Wildman–Crippen MR) is 109 cm³/mol. The first-order valence-corrected chi connectivity index (χ1v) is 10.3. The van der Waals surface area contributed by atoms with E-state index in [2.05, 4.69) is 11.9 Å². The highest BCUT2D eigenvalue weighted by molar-refractivity contribution is 7.92. The Morgan fingerprint density at radius 3 is 2.33 bits per heavy atom. The minimum Gasteiger partial charge on any atom is -0.490 e. The molecule has 0 aliphatic rings. The normalized spacial score (nSPS) is 12.1. The Kier molecular flexibility index (Phi) is 6.87. The maximum absolute atomic E-state index is 12.6. The Labute approximate surface area is 164 Å². The fourth-order valence-corrected chi connectivity index (χ4v) is 3.73. The van der Waals surface area contributed by atoms with E-state index < -0.39 is 22.0 Å². The first kappa shape index (κ1) is 20.8. The van der Waals surface area contributed by atoms with E-state index in [0.29, 0.717) is 28.8 Å². The lowest BCUT2D eigenvalue weighted by molar-refractivity contribution is -0.116. The van der Waals surface area contributed by atoms with E-state index in [1.54, 1.807) is 54.6 Å². The Balaban J connectivity index is 2.17. The molecule has 8 heteroatoms. The molecule has 0 fully saturated rings. The second kappa shape index (κ2) is 8.92. The summed E-state index contributed by atoms with van der Waals surface area (Å²) in [4.78, 5) is 12.6. The highest BCUT2D eigenvalue weighted by atomic mass is 35.5. The van der Waals surface area contributed by atoms with Crippen molar-refractivity contribution in [1.82, 2.24) is 0 Å². The maximum atomic E-state index is 12.6. The van der Waals surface area contributed by atoms with Crippen LogP contribution in [0.15, 0.2) is 61.2 Å². The summed E-state index contributed by atoms with van der Waals surface area (Å²) >= 11 is 5.86. The maximum Gasteiger partial charge on any atom is 0.247 e. The first-order chi connectivity index (χ1) is 12.7. The molecular weight excluding hydrogens is 388 g/mol. The van der Waals surface area contributed by atoms with Gasteiger partial charge in [0.1, 0.15) is 18.4 Å². The van der Waals surface area contributed by atoms with Crippen molar-refractivity contribution in [2.24, 2.45) is 0 Å². The number of carbonyl (C=O) groups excluding carboxylic acids is 1. The fourth-order valence-electron chi connectivity index (χ4n) is 2.43. The van der Waals surface area contributed by atoms with E-state index in [9.17, 15) is 13.2 Å². The Morgan fingerprint density at radius 2 is 1.81 bits per heavy atom. The molecule has 1 amide bonds. The smallest absolute Gasteiger partial charge is 0.247 e. The molecule has 2 aromatic rings. The van der Waals surface area contributed by atoms with Crippen LogP contribution in [0.4, 0.5) is 11.4 Å². The fraction of sp³-hybridized carbons (Fsp3) is 0.211. The monoisotopic (exact) mass is 408 g/mol. The largest absolute Gasteiger partial charge is 0.490 e. The molecule has 1 atom stereocenters. The molecule has 6 nitrogen and oxygen atoms in total. The molecular formula is C19H21ClN2O4S. The van der Waals surface area contributed by atoms with Gasteiger partial charge in [0.2, 0.25) is 15.9 Å². The molecule has 2 aromatic carbocycles. The van der Waals surface area contributed by atoms with Gasteiger partial charge in [0.15, 0.2) is 0 Å². The lowest BCUT2D eigenvalue weighted by Crippen LogP contribution is -2.45. The van der Waals surface area contributed by atoms with Crippen molar-refractivity contribution >= 4 is 38.9 Å². The number of rotatable bonds is 8. The van der Waals surface area contributed by atoms with Gasteiger partial charge in [0.25, 0.3) is 0 Å².